The number of aromatic carboxylic acids is 1. The monoisotopic (exact) mass is 369 g/mol. The van der Waals surface area contributed by atoms with Crippen LogP contribution in [-0.4, -0.2) is 33.7 Å². The van der Waals surface area contributed by atoms with Crippen molar-refractivity contribution in [1.82, 2.24) is 0 Å². The second-order valence-electron chi connectivity index (χ2n) is 5.06. The molecule has 0 aliphatic carbocycles. The highest BCUT2D eigenvalue weighted by molar-refractivity contribution is 7.92. The zero-order valence-electron chi connectivity index (χ0n) is 13.7. The second-order valence-corrected chi connectivity index (χ2v) is 6.71. The largest absolute Gasteiger partial charge is 0.493 e. The van der Waals surface area contributed by atoms with Crippen LogP contribution in [0.15, 0.2) is 35.2 Å². The van der Waals surface area contributed by atoms with Crippen LogP contribution in [0.25, 0.3) is 0 Å². The summed E-state index contributed by atoms with van der Waals surface area (Å²) in [6.45, 7) is 1.25. The first-order valence-corrected chi connectivity index (χ1v) is 8.46. The lowest BCUT2D eigenvalue weighted by Gasteiger charge is -2.14. The van der Waals surface area contributed by atoms with Crippen molar-refractivity contribution < 1.29 is 32.2 Å². The number of nitrogens with one attached hydrogen (secondary N) is 1. The normalized spacial score (nSPS) is 11.0. The highest BCUT2D eigenvalue weighted by Gasteiger charge is 2.22. The summed E-state index contributed by atoms with van der Waals surface area (Å²) < 4.78 is 51.4. The first-order valence-electron chi connectivity index (χ1n) is 6.98. The predicted octanol–water partition coefficient (Wildman–Crippen LogP) is 2.65. The lowest BCUT2D eigenvalue weighted by molar-refractivity contribution is 0.0696. The van der Waals surface area contributed by atoms with Crippen LogP contribution >= 0.6 is 0 Å². The van der Waals surface area contributed by atoms with Gasteiger partial charge in [0.2, 0.25) is 0 Å². The molecule has 0 amide bonds. The molecule has 0 atom stereocenters. The van der Waals surface area contributed by atoms with Gasteiger partial charge in [0.05, 0.1) is 30.4 Å². The van der Waals surface area contributed by atoms with Crippen molar-refractivity contribution in [1.29, 1.82) is 0 Å². The molecule has 2 N–H and O–H groups in total. The van der Waals surface area contributed by atoms with E-state index in [1.165, 1.54) is 39.3 Å². The maximum absolute atomic E-state index is 13.9. The molecule has 0 saturated heterocycles. The number of hydrogen-bond acceptors (Lipinski definition) is 5. The third-order valence-corrected chi connectivity index (χ3v) is 4.98. The van der Waals surface area contributed by atoms with Crippen molar-refractivity contribution in [2.24, 2.45) is 0 Å². The van der Waals surface area contributed by atoms with Crippen LogP contribution in [0, 0.1) is 12.7 Å². The Kier molecular flexibility index (Phi) is 5.17. The lowest BCUT2D eigenvalue weighted by Crippen LogP contribution is -2.16. The quantitative estimate of drug-likeness (QED) is 0.812. The first kappa shape index (κ1) is 18.5. The Hall–Kier alpha value is -2.81. The van der Waals surface area contributed by atoms with E-state index < -0.39 is 32.3 Å². The van der Waals surface area contributed by atoms with Gasteiger partial charge in [-0.15, -0.1) is 0 Å². The average molecular weight is 369 g/mol. The van der Waals surface area contributed by atoms with Gasteiger partial charge < -0.3 is 14.6 Å². The molecule has 9 heteroatoms. The first-order chi connectivity index (χ1) is 11.7. The molecule has 0 aromatic heterocycles. The van der Waals surface area contributed by atoms with Gasteiger partial charge in [-0.05, 0) is 31.2 Å². The Morgan fingerprint density at radius 1 is 1.12 bits per heavy atom. The molecule has 0 saturated carbocycles. The molecule has 7 nitrogen and oxygen atoms in total. The third kappa shape index (κ3) is 3.82. The molecular formula is C16H16FNO6S. The summed E-state index contributed by atoms with van der Waals surface area (Å²) in [4.78, 5) is 10.6. The van der Waals surface area contributed by atoms with Crippen molar-refractivity contribution in [2.45, 2.75) is 11.8 Å². The maximum Gasteiger partial charge on any atom is 0.335 e. The van der Waals surface area contributed by atoms with Crippen LogP contribution in [0.4, 0.5) is 10.1 Å². The van der Waals surface area contributed by atoms with E-state index >= 15 is 0 Å². The molecule has 2 aromatic rings. The van der Waals surface area contributed by atoms with Gasteiger partial charge in [0, 0.05) is 11.6 Å². The van der Waals surface area contributed by atoms with Crippen LogP contribution in [0.5, 0.6) is 11.5 Å². The van der Waals surface area contributed by atoms with Crippen LogP contribution in [-0.2, 0) is 10.0 Å². The molecule has 0 aliphatic heterocycles. The third-order valence-electron chi connectivity index (χ3n) is 3.47. The number of benzene rings is 2. The maximum atomic E-state index is 13.9. The van der Waals surface area contributed by atoms with E-state index in [0.717, 1.165) is 12.1 Å². The Bertz CT molecular complexity index is 926. The van der Waals surface area contributed by atoms with E-state index in [1.807, 2.05) is 0 Å². The lowest BCUT2D eigenvalue weighted by atomic mass is 10.1. The standard InChI is InChI=1S/C16H16FNO6S/c1-9-12(17)6-10(16(19)20)7-15(9)25(21,22)18-11-4-5-13(23-2)14(8-11)24-3/h4-8,18H,1-3H3,(H,19,20). The van der Waals surface area contributed by atoms with Crippen molar-refractivity contribution in [3.05, 3.63) is 47.3 Å². The minimum absolute atomic E-state index is 0.151. The summed E-state index contributed by atoms with van der Waals surface area (Å²) in [5, 5.41) is 8.99. The number of carboxylic acids is 1. The highest BCUT2D eigenvalue weighted by atomic mass is 32.2. The number of carbonyl (C=O) groups is 1. The smallest absolute Gasteiger partial charge is 0.335 e. The molecule has 0 bridgehead atoms. The van der Waals surface area contributed by atoms with E-state index in [9.17, 15) is 17.6 Å². The second kappa shape index (κ2) is 6.98. The van der Waals surface area contributed by atoms with Gasteiger partial charge in [-0.3, -0.25) is 4.72 Å². The molecule has 2 rings (SSSR count). The number of ether oxygens (including phenoxy) is 2. The van der Waals surface area contributed by atoms with Crippen LogP contribution in [0.3, 0.4) is 0 Å². The summed E-state index contributed by atoms with van der Waals surface area (Å²) in [6.07, 6.45) is 0. The number of halogens is 1. The van der Waals surface area contributed by atoms with Gasteiger partial charge in [0.25, 0.3) is 10.0 Å². The van der Waals surface area contributed by atoms with E-state index in [4.69, 9.17) is 14.6 Å². The fourth-order valence-electron chi connectivity index (χ4n) is 2.17. The number of sulfonamides is 1. The number of methoxy groups -OCH3 is 2. The molecule has 0 heterocycles. The van der Waals surface area contributed by atoms with E-state index in [-0.39, 0.29) is 11.3 Å². The fraction of sp³-hybridized carbons (Fsp3) is 0.188. The Morgan fingerprint density at radius 3 is 2.32 bits per heavy atom. The van der Waals surface area contributed by atoms with Gasteiger partial charge in [-0.25, -0.2) is 17.6 Å². The molecule has 0 fully saturated rings. The van der Waals surface area contributed by atoms with Crippen LogP contribution in [0.2, 0.25) is 0 Å². The zero-order valence-corrected chi connectivity index (χ0v) is 14.5. The van der Waals surface area contributed by atoms with Crippen molar-refractivity contribution >= 4 is 21.7 Å². The Labute approximate surface area is 144 Å². The Balaban J connectivity index is 2.48. The highest BCUT2D eigenvalue weighted by Crippen LogP contribution is 2.31. The molecule has 0 spiro atoms. The summed E-state index contributed by atoms with van der Waals surface area (Å²) in [5.74, 6) is -1.65. The molecule has 0 aliphatic rings. The van der Waals surface area contributed by atoms with Crippen molar-refractivity contribution in [3.63, 3.8) is 0 Å². The minimum atomic E-state index is -4.22. The van der Waals surface area contributed by atoms with E-state index in [2.05, 4.69) is 4.72 Å². The summed E-state index contributed by atoms with van der Waals surface area (Å²) in [5.41, 5.74) is -0.494. The van der Waals surface area contributed by atoms with E-state index in [1.54, 1.807) is 0 Å². The molecular weight excluding hydrogens is 353 g/mol. The van der Waals surface area contributed by atoms with Crippen LogP contribution in [0.1, 0.15) is 15.9 Å². The zero-order chi connectivity index (χ0) is 18.8. The average Bonchev–Trinajstić information content (AvgIpc) is 2.56. The number of hydrogen-bond donors (Lipinski definition) is 2. The SMILES string of the molecule is COc1ccc(NS(=O)(=O)c2cc(C(=O)O)cc(F)c2C)cc1OC. The topological polar surface area (TPSA) is 102 Å². The Morgan fingerprint density at radius 2 is 1.76 bits per heavy atom. The molecule has 0 radical (unpaired) electrons. The summed E-state index contributed by atoms with van der Waals surface area (Å²) >= 11 is 0. The predicted molar refractivity (Wildman–Crippen MR) is 88.5 cm³/mol. The minimum Gasteiger partial charge on any atom is -0.493 e. The number of rotatable bonds is 6. The van der Waals surface area contributed by atoms with Crippen molar-refractivity contribution in [2.75, 3.05) is 18.9 Å². The number of anilines is 1. The molecule has 2 aromatic carbocycles. The molecule has 134 valence electrons. The molecule has 0 unspecified atom stereocenters. The summed E-state index contributed by atoms with van der Waals surface area (Å²) in [7, 11) is -1.39. The van der Waals surface area contributed by atoms with Crippen LogP contribution < -0.4 is 14.2 Å². The van der Waals surface area contributed by atoms with Gasteiger partial charge in [0.15, 0.2) is 11.5 Å². The molecule has 25 heavy (non-hydrogen) atoms. The van der Waals surface area contributed by atoms with Gasteiger partial charge in [-0.2, -0.15) is 0 Å². The van der Waals surface area contributed by atoms with Gasteiger partial charge in [0.1, 0.15) is 5.82 Å². The number of carboxylic acid groups (broad SMARTS) is 1. The van der Waals surface area contributed by atoms with Gasteiger partial charge in [-0.1, -0.05) is 0 Å². The van der Waals surface area contributed by atoms with Gasteiger partial charge >= 0.3 is 5.97 Å². The summed E-state index contributed by atoms with van der Waals surface area (Å²) in [6, 6.07) is 6.00. The van der Waals surface area contributed by atoms with Crippen molar-refractivity contribution in [3.8, 4) is 11.5 Å². The fourth-order valence-corrected chi connectivity index (χ4v) is 3.50. The van der Waals surface area contributed by atoms with E-state index in [0.29, 0.717) is 11.5 Å².